The highest BCUT2D eigenvalue weighted by Crippen LogP contribution is 2.37. The van der Waals surface area contributed by atoms with E-state index in [0.717, 1.165) is 12.0 Å². The summed E-state index contributed by atoms with van der Waals surface area (Å²) < 4.78 is 23.1. The highest BCUT2D eigenvalue weighted by Gasteiger charge is 2.13. The van der Waals surface area contributed by atoms with Crippen LogP contribution in [-0.2, 0) is 6.61 Å². The first-order valence-corrected chi connectivity index (χ1v) is 12.0. The highest BCUT2D eigenvalue weighted by molar-refractivity contribution is 9.10. The number of carbonyl (C=O) groups is 1. The number of rotatable bonds is 11. The summed E-state index contributed by atoms with van der Waals surface area (Å²) in [4.78, 5) is 12.5. The van der Waals surface area contributed by atoms with Crippen molar-refractivity contribution in [2.75, 3.05) is 20.8 Å². The van der Waals surface area contributed by atoms with Gasteiger partial charge in [0, 0.05) is 10.6 Å². The smallest absolute Gasteiger partial charge is 0.271 e. The molecule has 1 N–H and O–H groups in total. The number of amides is 1. The van der Waals surface area contributed by atoms with E-state index in [4.69, 9.17) is 30.5 Å². The molecular weight excluding hydrogens is 536 g/mol. The number of nitrogens with zero attached hydrogens (tertiary/aromatic N) is 1. The van der Waals surface area contributed by atoms with Crippen molar-refractivity contribution >= 4 is 39.7 Å². The largest absolute Gasteiger partial charge is 0.493 e. The van der Waals surface area contributed by atoms with Crippen LogP contribution in [0.1, 0.15) is 34.8 Å². The minimum Gasteiger partial charge on any atom is -0.493 e. The maximum absolute atomic E-state index is 12.5. The maximum Gasteiger partial charge on any atom is 0.271 e. The molecule has 9 heteroatoms. The van der Waals surface area contributed by atoms with E-state index in [2.05, 4.69) is 26.5 Å². The van der Waals surface area contributed by atoms with Crippen molar-refractivity contribution in [1.82, 2.24) is 5.43 Å². The minimum absolute atomic E-state index is 0.349. The Bertz CT molecular complexity index is 1190. The first-order chi connectivity index (χ1) is 16.9. The summed E-state index contributed by atoms with van der Waals surface area (Å²) in [6, 6.07) is 16.0. The van der Waals surface area contributed by atoms with E-state index in [-0.39, 0.29) is 5.91 Å². The zero-order valence-electron chi connectivity index (χ0n) is 19.6. The van der Waals surface area contributed by atoms with Crippen molar-refractivity contribution in [3.05, 3.63) is 80.8 Å². The Morgan fingerprint density at radius 1 is 1.00 bits per heavy atom. The molecule has 0 aliphatic carbocycles. The lowest BCUT2D eigenvalue weighted by Gasteiger charge is -2.13. The van der Waals surface area contributed by atoms with E-state index >= 15 is 0 Å². The number of halogens is 2. The third-order valence-electron chi connectivity index (χ3n) is 4.82. The number of hydrogen-bond acceptors (Lipinski definition) is 6. The number of hydrogen-bond donors (Lipinski definition) is 1. The van der Waals surface area contributed by atoms with Crippen LogP contribution in [0.25, 0.3) is 0 Å². The molecule has 0 saturated carbocycles. The van der Waals surface area contributed by atoms with E-state index in [1.807, 2.05) is 37.3 Å². The summed E-state index contributed by atoms with van der Waals surface area (Å²) in [6.07, 6.45) is 2.39. The van der Waals surface area contributed by atoms with E-state index in [0.29, 0.717) is 56.8 Å². The van der Waals surface area contributed by atoms with Gasteiger partial charge in [0.1, 0.15) is 6.61 Å². The second-order valence-electron chi connectivity index (χ2n) is 7.36. The second kappa shape index (κ2) is 13.0. The fraction of sp³-hybridized carbons (Fsp3) is 0.231. The maximum atomic E-state index is 12.5. The summed E-state index contributed by atoms with van der Waals surface area (Å²) in [5.41, 5.74) is 4.59. The molecule has 0 aromatic heterocycles. The predicted octanol–water partition coefficient (Wildman–Crippen LogP) is 6.25. The zero-order valence-corrected chi connectivity index (χ0v) is 22.0. The molecule has 0 aliphatic rings. The van der Waals surface area contributed by atoms with Crippen LogP contribution < -0.4 is 24.4 Å². The van der Waals surface area contributed by atoms with Crippen molar-refractivity contribution < 1.29 is 23.7 Å². The van der Waals surface area contributed by atoms with Gasteiger partial charge in [-0.3, -0.25) is 4.79 Å². The summed E-state index contributed by atoms with van der Waals surface area (Å²) in [5, 5.41) is 4.73. The molecule has 0 bridgehead atoms. The number of methoxy groups -OCH3 is 2. The lowest BCUT2D eigenvalue weighted by Crippen LogP contribution is -2.17. The summed E-state index contributed by atoms with van der Waals surface area (Å²) in [6.45, 7) is 2.93. The van der Waals surface area contributed by atoms with E-state index in [9.17, 15) is 4.79 Å². The number of ether oxygens (including phenoxy) is 4. The fourth-order valence-electron chi connectivity index (χ4n) is 3.06. The second-order valence-corrected chi connectivity index (χ2v) is 8.65. The van der Waals surface area contributed by atoms with Crippen molar-refractivity contribution in [3.8, 4) is 23.0 Å². The molecule has 0 fully saturated rings. The number of nitrogens with one attached hydrogen (secondary N) is 1. The Balaban J connectivity index is 1.66. The molecule has 3 aromatic rings. The molecule has 0 unspecified atom stereocenters. The molecule has 0 radical (unpaired) electrons. The average Bonchev–Trinajstić information content (AvgIpc) is 2.87. The van der Waals surface area contributed by atoms with Crippen LogP contribution in [0.4, 0.5) is 0 Å². The third kappa shape index (κ3) is 7.37. The van der Waals surface area contributed by atoms with Gasteiger partial charge >= 0.3 is 0 Å². The van der Waals surface area contributed by atoms with Gasteiger partial charge in [-0.2, -0.15) is 5.10 Å². The van der Waals surface area contributed by atoms with E-state index in [1.54, 1.807) is 31.4 Å². The molecule has 184 valence electrons. The molecule has 1 amide bonds. The molecule has 3 aromatic carbocycles. The first-order valence-electron chi connectivity index (χ1n) is 10.8. The molecular formula is C26H26BrClN2O5. The summed E-state index contributed by atoms with van der Waals surface area (Å²) in [7, 11) is 3.09. The van der Waals surface area contributed by atoms with Gasteiger partial charge in [0.15, 0.2) is 23.0 Å². The van der Waals surface area contributed by atoms with Crippen LogP contribution in [0, 0.1) is 0 Å². The van der Waals surface area contributed by atoms with Crippen LogP contribution in [0.2, 0.25) is 5.02 Å². The van der Waals surface area contributed by atoms with E-state index < -0.39 is 0 Å². The van der Waals surface area contributed by atoms with Gasteiger partial charge in [-0.05, 0) is 75.9 Å². The van der Waals surface area contributed by atoms with Gasteiger partial charge in [-0.15, -0.1) is 0 Å². The lowest BCUT2D eigenvalue weighted by molar-refractivity contribution is 0.0954. The van der Waals surface area contributed by atoms with E-state index in [1.165, 1.54) is 13.3 Å². The number of carbonyl (C=O) groups excluding carboxylic acids is 1. The van der Waals surface area contributed by atoms with Gasteiger partial charge in [0.2, 0.25) is 0 Å². The molecule has 0 heterocycles. The van der Waals surface area contributed by atoms with Crippen LogP contribution in [0.15, 0.2) is 64.2 Å². The molecule has 0 atom stereocenters. The van der Waals surface area contributed by atoms with Crippen LogP contribution in [-0.4, -0.2) is 32.9 Å². The topological polar surface area (TPSA) is 78.4 Å². The Morgan fingerprint density at radius 2 is 1.74 bits per heavy atom. The van der Waals surface area contributed by atoms with Gasteiger partial charge < -0.3 is 18.9 Å². The average molecular weight is 562 g/mol. The molecule has 35 heavy (non-hydrogen) atoms. The standard InChI is InChI=1S/C26H26BrClN2O5/c1-4-11-34-22-10-7-19(14-23(22)32-2)26(31)30-29-15-18-12-21(27)25(24(13-18)33-3)35-16-17-5-8-20(28)9-6-17/h5-10,12-15H,4,11,16H2,1-3H3,(H,30,31)/b29-15+. The monoisotopic (exact) mass is 560 g/mol. The van der Waals surface area contributed by atoms with Gasteiger partial charge in [0.25, 0.3) is 5.91 Å². The lowest BCUT2D eigenvalue weighted by atomic mass is 10.2. The van der Waals surface area contributed by atoms with Crippen LogP contribution in [0.3, 0.4) is 0 Å². The van der Waals surface area contributed by atoms with Crippen molar-refractivity contribution in [2.45, 2.75) is 20.0 Å². The highest BCUT2D eigenvalue weighted by atomic mass is 79.9. The quantitative estimate of drug-likeness (QED) is 0.221. The Kier molecular flexibility index (Phi) is 9.81. The fourth-order valence-corrected chi connectivity index (χ4v) is 3.76. The van der Waals surface area contributed by atoms with Gasteiger partial charge in [-0.25, -0.2) is 5.43 Å². The molecule has 7 nitrogen and oxygen atoms in total. The van der Waals surface area contributed by atoms with Gasteiger partial charge in [-0.1, -0.05) is 30.7 Å². The predicted molar refractivity (Wildman–Crippen MR) is 140 cm³/mol. The Morgan fingerprint density at radius 3 is 2.43 bits per heavy atom. The normalized spacial score (nSPS) is 10.8. The first kappa shape index (κ1) is 26.4. The van der Waals surface area contributed by atoms with Crippen molar-refractivity contribution in [2.24, 2.45) is 5.10 Å². The third-order valence-corrected chi connectivity index (χ3v) is 5.66. The summed E-state index contributed by atoms with van der Waals surface area (Å²) in [5.74, 6) is 1.77. The van der Waals surface area contributed by atoms with Crippen LogP contribution >= 0.6 is 27.5 Å². The zero-order chi connectivity index (χ0) is 25.2. The summed E-state index contributed by atoms with van der Waals surface area (Å²) >= 11 is 9.46. The SMILES string of the molecule is CCCOc1ccc(C(=O)N/N=C/c2cc(Br)c(OCc3ccc(Cl)cc3)c(OC)c2)cc1OC. The molecule has 3 rings (SSSR count). The molecule has 0 spiro atoms. The van der Waals surface area contributed by atoms with Crippen molar-refractivity contribution in [3.63, 3.8) is 0 Å². The Labute approximate surface area is 218 Å². The van der Waals surface area contributed by atoms with Crippen LogP contribution in [0.5, 0.6) is 23.0 Å². The number of hydrazone groups is 1. The van der Waals surface area contributed by atoms with Crippen molar-refractivity contribution in [1.29, 1.82) is 0 Å². The van der Waals surface area contributed by atoms with Gasteiger partial charge in [0.05, 0.1) is 31.5 Å². The minimum atomic E-state index is -0.379. The molecule has 0 saturated heterocycles. The molecule has 0 aliphatic heterocycles. The number of benzene rings is 3. The Hall–Kier alpha value is -3.23.